The number of benzene rings is 2. The second kappa shape index (κ2) is 11.1. The highest BCUT2D eigenvalue weighted by Crippen LogP contribution is 2.38. The number of rotatable bonds is 9. The molecule has 0 unspecified atom stereocenters. The minimum absolute atomic E-state index is 0.0407. The summed E-state index contributed by atoms with van der Waals surface area (Å²) >= 11 is 7.51. The topological polar surface area (TPSA) is 110 Å². The van der Waals surface area contributed by atoms with E-state index in [1.54, 1.807) is 16.2 Å². The fourth-order valence-corrected chi connectivity index (χ4v) is 6.73. The first kappa shape index (κ1) is 26.2. The van der Waals surface area contributed by atoms with Crippen LogP contribution in [0.15, 0.2) is 64.9 Å². The van der Waals surface area contributed by atoms with Crippen LogP contribution < -0.4 is 0 Å². The number of hydrogen-bond acceptors (Lipinski definition) is 7. The summed E-state index contributed by atoms with van der Waals surface area (Å²) in [6.45, 7) is -0.0606. The molecule has 1 aliphatic rings. The van der Waals surface area contributed by atoms with Crippen LogP contribution in [0.4, 0.5) is 5.69 Å². The van der Waals surface area contributed by atoms with Crippen LogP contribution in [0.5, 0.6) is 0 Å². The molecule has 12 heteroatoms. The van der Waals surface area contributed by atoms with Crippen LogP contribution in [0.3, 0.4) is 0 Å². The van der Waals surface area contributed by atoms with E-state index < -0.39 is 27.2 Å². The second-order valence-corrected chi connectivity index (χ2v) is 11.5. The van der Waals surface area contributed by atoms with Gasteiger partial charge in [0.05, 0.1) is 29.0 Å². The maximum atomic E-state index is 13.6. The smallest absolute Gasteiger partial charge is 0.289 e. The molecular weight excluding hydrogens is 526 g/mol. The van der Waals surface area contributed by atoms with Crippen LogP contribution in [-0.4, -0.2) is 61.8 Å². The van der Waals surface area contributed by atoms with Crippen LogP contribution in [0, 0.1) is 10.1 Å². The van der Waals surface area contributed by atoms with Gasteiger partial charge in [0.2, 0.25) is 15.9 Å². The van der Waals surface area contributed by atoms with E-state index in [-0.39, 0.29) is 35.0 Å². The number of carbonyl (C=O) groups excluding carboxylic acids is 1. The first-order valence-electron chi connectivity index (χ1n) is 11.1. The molecule has 0 saturated heterocycles. The normalized spacial score (nSPS) is 15.6. The second-order valence-electron chi connectivity index (χ2n) is 8.15. The van der Waals surface area contributed by atoms with Crippen LogP contribution in [0.25, 0.3) is 0 Å². The quantitative estimate of drug-likeness (QED) is 0.293. The zero-order valence-corrected chi connectivity index (χ0v) is 21.8. The largest absolute Gasteiger partial charge is 0.383 e. The lowest BCUT2D eigenvalue weighted by molar-refractivity contribution is -0.384. The fourth-order valence-electron chi connectivity index (χ4n) is 4.24. The van der Waals surface area contributed by atoms with Gasteiger partial charge in [-0.3, -0.25) is 14.9 Å². The summed E-state index contributed by atoms with van der Waals surface area (Å²) in [5.41, 5.74) is 1.44. The van der Waals surface area contributed by atoms with Crippen molar-refractivity contribution >= 4 is 44.6 Å². The van der Waals surface area contributed by atoms with E-state index in [1.807, 2.05) is 41.8 Å². The average Bonchev–Trinajstić information content (AvgIpc) is 3.35. The van der Waals surface area contributed by atoms with Gasteiger partial charge in [-0.05, 0) is 41.1 Å². The van der Waals surface area contributed by atoms with E-state index in [4.69, 9.17) is 16.3 Å². The van der Waals surface area contributed by atoms with Crippen molar-refractivity contribution in [3.8, 4) is 0 Å². The predicted molar refractivity (Wildman–Crippen MR) is 137 cm³/mol. The number of hydrogen-bond donors (Lipinski definition) is 0. The highest BCUT2D eigenvalue weighted by Gasteiger charge is 2.36. The number of thiophene rings is 1. The van der Waals surface area contributed by atoms with Crippen LogP contribution in [-0.2, 0) is 26.0 Å². The van der Waals surface area contributed by atoms with Crippen molar-refractivity contribution in [3.05, 3.63) is 91.1 Å². The lowest BCUT2D eigenvalue weighted by Gasteiger charge is -2.37. The maximum absolute atomic E-state index is 13.6. The van der Waals surface area contributed by atoms with Gasteiger partial charge < -0.3 is 9.64 Å². The molecule has 0 saturated carbocycles. The first-order valence-corrected chi connectivity index (χ1v) is 13.8. The summed E-state index contributed by atoms with van der Waals surface area (Å²) in [6.07, 6.45) is 0.677. The number of nitro benzene ring substituents is 1. The summed E-state index contributed by atoms with van der Waals surface area (Å²) in [4.78, 5) is 26.8. The van der Waals surface area contributed by atoms with E-state index in [2.05, 4.69) is 0 Å². The molecule has 0 fully saturated rings. The summed E-state index contributed by atoms with van der Waals surface area (Å²) in [5.74, 6) is -0.371. The van der Waals surface area contributed by atoms with Crippen molar-refractivity contribution in [3.63, 3.8) is 0 Å². The molecule has 0 bridgehead atoms. The molecule has 1 amide bonds. The van der Waals surface area contributed by atoms with Gasteiger partial charge >= 0.3 is 0 Å². The van der Waals surface area contributed by atoms with Gasteiger partial charge in [-0.1, -0.05) is 41.9 Å². The molecule has 1 aliphatic heterocycles. The minimum atomic E-state index is -4.27. The van der Waals surface area contributed by atoms with E-state index in [1.165, 1.54) is 18.1 Å². The number of methoxy groups -OCH3 is 1. The highest BCUT2D eigenvalue weighted by atomic mass is 35.5. The lowest BCUT2D eigenvalue weighted by atomic mass is 9.93. The molecule has 2 heterocycles. The number of fused-ring (bicyclic) bond motifs is 1. The highest BCUT2D eigenvalue weighted by molar-refractivity contribution is 7.89. The Morgan fingerprint density at radius 1 is 1.25 bits per heavy atom. The zero-order chi connectivity index (χ0) is 25.9. The number of ether oxygens (including phenoxy) is 1. The Bertz CT molecular complexity index is 1360. The molecule has 2 aromatic carbocycles. The van der Waals surface area contributed by atoms with Gasteiger partial charge in [-0.2, -0.15) is 4.31 Å². The van der Waals surface area contributed by atoms with E-state index in [9.17, 15) is 23.3 Å². The Kier molecular flexibility index (Phi) is 8.06. The Morgan fingerprint density at radius 2 is 2.00 bits per heavy atom. The molecule has 4 rings (SSSR count). The zero-order valence-electron chi connectivity index (χ0n) is 19.4. The van der Waals surface area contributed by atoms with Crippen molar-refractivity contribution in [2.45, 2.75) is 17.4 Å². The number of halogens is 1. The molecule has 1 aromatic heterocycles. The number of sulfonamides is 1. The van der Waals surface area contributed by atoms with Gasteiger partial charge in [0.25, 0.3) is 5.69 Å². The van der Waals surface area contributed by atoms with Crippen molar-refractivity contribution in [2.24, 2.45) is 0 Å². The van der Waals surface area contributed by atoms with Crippen molar-refractivity contribution in [1.29, 1.82) is 0 Å². The van der Waals surface area contributed by atoms with Gasteiger partial charge in [-0.25, -0.2) is 8.42 Å². The number of amides is 1. The molecule has 1 atom stereocenters. The van der Waals surface area contributed by atoms with Crippen molar-refractivity contribution < 1.29 is 22.9 Å². The molecule has 0 spiro atoms. The van der Waals surface area contributed by atoms with Crippen LogP contribution >= 0.6 is 22.9 Å². The van der Waals surface area contributed by atoms with Crippen LogP contribution in [0.1, 0.15) is 22.0 Å². The average molecular weight is 550 g/mol. The van der Waals surface area contributed by atoms with Gasteiger partial charge in [0, 0.05) is 31.1 Å². The van der Waals surface area contributed by atoms with E-state index in [0.29, 0.717) is 13.0 Å². The number of nitro groups is 1. The van der Waals surface area contributed by atoms with E-state index in [0.717, 1.165) is 27.6 Å². The Hall–Kier alpha value is -2.83. The third-order valence-corrected chi connectivity index (χ3v) is 9.17. The molecule has 0 aliphatic carbocycles. The first-order chi connectivity index (χ1) is 17.2. The minimum Gasteiger partial charge on any atom is -0.383 e. The summed E-state index contributed by atoms with van der Waals surface area (Å²) in [7, 11) is -2.84. The third-order valence-electron chi connectivity index (χ3n) is 6.01. The number of nitrogens with zero attached hydrogens (tertiary/aromatic N) is 3. The molecule has 0 radical (unpaired) electrons. The van der Waals surface area contributed by atoms with Crippen molar-refractivity contribution in [2.75, 3.05) is 33.4 Å². The summed E-state index contributed by atoms with van der Waals surface area (Å²) < 4.78 is 33.0. The standard InChI is InChI=1S/C24H24ClN3O6S2/c1-34-13-12-26(36(32,33)18-7-8-20(25)21(15-18)28(30)31)16-23(29)27-11-9-22-19(10-14-35-22)24(27)17-5-3-2-4-6-17/h2-8,10,14-15,24H,9,11-13,16H2,1H3/t24-/m1/s1. The molecular formula is C24H24ClN3O6S2. The van der Waals surface area contributed by atoms with E-state index >= 15 is 0 Å². The summed E-state index contributed by atoms with van der Waals surface area (Å²) in [5, 5.41) is 13.1. The fraction of sp³-hybridized carbons (Fsp3) is 0.292. The molecule has 36 heavy (non-hydrogen) atoms. The van der Waals surface area contributed by atoms with Gasteiger partial charge in [0.15, 0.2) is 0 Å². The van der Waals surface area contributed by atoms with Crippen LogP contribution in [0.2, 0.25) is 5.02 Å². The lowest BCUT2D eigenvalue weighted by Crippen LogP contribution is -2.47. The van der Waals surface area contributed by atoms with Gasteiger partial charge in [-0.15, -0.1) is 11.3 Å². The SMILES string of the molecule is COCCN(CC(=O)N1CCc2sccc2[C@H]1c1ccccc1)S(=O)(=O)c1ccc(Cl)c([N+](=O)[O-])c1. The van der Waals surface area contributed by atoms with Crippen molar-refractivity contribution in [1.82, 2.24) is 9.21 Å². The predicted octanol–water partition coefficient (Wildman–Crippen LogP) is 4.12. The number of carbonyl (C=O) groups is 1. The summed E-state index contributed by atoms with van der Waals surface area (Å²) in [6, 6.07) is 14.5. The Balaban J connectivity index is 1.66. The third kappa shape index (κ3) is 5.30. The molecule has 9 nitrogen and oxygen atoms in total. The maximum Gasteiger partial charge on any atom is 0.289 e. The molecule has 190 valence electrons. The van der Waals surface area contributed by atoms with Gasteiger partial charge in [0.1, 0.15) is 5.02 Å². The molecule has 3 aromatic rings. The monoisotopic (exact) mass is 549 g/mol. The Labute approximate surface area is 218 Å². The molecule has 0 N–H and O–H groups in total. The Morgan fingerprint density at radius 3 is 2.69 bits per heavy atom.